The van der Waals surface area contributed by atoms with Gasteiger partial charge in [0.2, 0.25) is 0 Å². The van der Waals surface area contributed by atoms with Gasteiger partial charge in [0, 0.05) is 18.2 Å². The molecule has 0 radical (unpaired) electrons. The van der Waals surface area contributed by atoms with Gasteiger partial charge in [-0.05, 0) is 18.2 Å². The Kier molecular flexibility index (Phi) is 3.83. The van der Waals surface area contributed by atoms with E-state index < -0.39 is 0 Å². The van der Waals surface area contributed by atoms with E-state index in [1.165, 1.54) is 12.1 Å². The summed E-state index contributed by atoms with van der Waals surface area (Å²) in [5.41, 5.74) is 0.816. The molecule has 0 aromatic heterocycles. The molecule has 5 heteroatoms. The summed E-state index contributed by atoms with van der Waals surface area (Å²) in [6.07, 6.45) is -0.318. The largest absolute Gasteiger partial charge is 0.457 e. The lowest BCUT2D eigenvalue weighted by molar-refractivity contribution is -0.122. The SMILES string of the molecule is O=C(NCc1ccccc1Oc1cccc(F)c1)C1CO1. The molecule has 0 bridgehead atoms. The maximum absolute atomic E-state index is 13.2. The standard InChI is InChI=1S/C16H14FNO3/c17-12-5-3-6-13(8-12)21-14-7-2-1-4-11(14)9-18-16(19)15-10-20-15/h1-8,15H,9-10H2,(H,18,19). The number of amides is 1. The van der Waals surface area contributed by atoms with E-state index in [1.807, 2.05) is 18.2 Å². The average Bonchev–Trinajstić information content (AvgIpc) is 3.31. The van der Waals surface area contributed by atoms with Crippen molar-refractivity contribution in [3.05, 3.63) is 59.9 Å². The molecule has 2 aromatic rings. The Morgan fingerprint density at radius 2 is 2.10 bits per heavy atom. The van der Waals surface area contributed by atoms with Gasteiger partial charge in [-0.1, -0.05) is 24.3 Å². The summed E-state index contributed by atoms with van der Waals surface area (Å²) in [5.74, 6) is 0.513. The zero-order chi connectivity index (χ0) is 14.7. The van der Waals surface area contributed by atoms with E-state index in [2.05, 4.69) is 5.32 Å². The quantitative estimate of drug-likeness (QED) is 0.860. The van der Waals surface area contributed by atoms with Gasteiger partial charge in [0.1, 0.15) is 17.3 Å². The first-order valence-electron chi connectivity index (χ1n) is 6.63. The van der Waals surface area contributed by atoms with Crippen molar-refractivity contribution in [3.63, 3.8) is 0 Å². The van der Waals surface area contributed by atoms with Crippen molar-refractivity contribution in [2.45, 2.75) is 12.6 Å². The molecule has 0 spiro atoms. The molecule has 2 aromatic carbocycles. The van der Waals surface area contributed by atoms with Gasteiger partial charge in [0.05, 0.1) is 6.61 Å². The zero-order valence-electron chi connectivity index (χ0n) is 11.2. The summed E-state index contributed by atoms with van der Waals surface area (Å²) >= 11 is 0. The summed E-state index contributed by atoms with van der Waals surface area (Å²) in [7, 11) is 0. The van der Waals surface area contributed by atoms with Crippen LogP contribution in [0.5, 0.6) is 11.5 Å². The number of hydrogen-bond donors (Lipinski definition) is 1. The predicted molar refractivity (Wildman–Crippen MR) is 74.5 cm³/mol. The van der Waals surface area contributed by atoms with Crippen LogP contribution in [-0.4, -0.2) is 18.6 Å². The molecular weight excluding hydrogens is 273 g/mol. The minimum atomic E-state index is -0.357. The van der Waals surface area contributed by atoms with Crippen molar-refractivity contribution in [2.24, 2.45) is 0 Å². The van der Waals surface area contributed by atoms with Crippen LogP contribution in [0.15, 0.2) is 48.5 Å². The Morgan fingerprint density at radius 1 is 1.29 bits per heavy atom. The molecule has 3 rings (SSSR count). The summed E-state index contributed by atoms with van der Waals surface area (Å²) < 4.78 is 23.8. The van der Waals surface area contributed by atoms with Crippen LogP contribution >= 0.6 is 0 Å². The lowest BCUT2D eigenvalue weighted by Crippen LogP contribution is -2.27. The maximum atomic E-state index is 13.2. The maximum Gasteiger partial charge on any atom is 0.251 e. The third-order valence-electron chi connectivity index (χ3n) is 3.08. The highest BCUT2D eigenvalue weighted by molar-refractivity contribution is 5.82. The fourth-order valence-electron chi connectivity index (χ4n) is 1.90. The summed E-state index contributed by atoms with van der Waals surface area (Å²) in [6, 6.07) is 13.2. The molecule has 1 heterocycles. The van der Waals surface area contributed by atoms with Crippen molar-refractivity contribution in [2.75, 3.05) is 6.61 Å². The van der Waals surface area contributed by atoms with E-state index in [0.29, 0.717) is 24.7 Å². The summed E-state index contributed by atoms with van der Waals surface area (Å²) in [6.45, 7) is 0.817. The number of halogens is 1. The van der Waals surface area contributed by atoms with Crippen LogP contribution in [0, 0.1) is 5.82 Å². The predicted octanol–water partition coefficient (Wildman–Crippen LogP) is 2.63. The highest BCUT2D eigenvalue weighted by Crippen LogP contribution is 2.25. The number of hydrogen-bond acceptors (Lipinski definition) is 3. The number of nitrogens with one attached hydrogen (secondary N) is 1. The molecule has 4 nitrogen and oxygen atoms in total. The number of benzene rings is 2. The van der Waals surface area contributed by atoms with E-state index in [0.717, 1.165) is 5.56 Å². The fraction of sp³-hybridized carbons (Fsp3) is 0.188. The molecule has 108 valence electrons. The normalized spacial score (nSPS) is 16.3. The minimum Gasteiger partial charge on any atom is -0.457 e. The van der Waals surface area contributed by atoms with Gasteiger partial charge in [-0.3, -0.25) is 4.79 Å². The number of rotatable bonds is 5. The Morgan fingerprint density at radius 3 is 2.86 bits per heavy atom. The van der Waals surface area contributed by atoms with Gasteiger partial charge in [-0.25, -0.2) is 4.39 Å². The van der Waals surface area contributed by atoms with Gasteiger partial charge in [-0.2, -0.15) is 0 Å². The second-order valence-electron chi connectivity index (χ2n) is 4.71. The first-order chi connectivity index (χ1) is 10.2. The fourth-order valence-corrected chi connectivity index (χ4v) is 1.90. The van der Waals surface area contributed by atoms with Crippen molar-refractivity contribution in [3.8, 4) is 11.5 Å². The van der Waals surface area contributed by atoms with Crippen LogP contribution in [-0.2, 0) is 16.1 Å². The first-order valence-corrected chi connectivity index (χ1v) is 6.63. The molecule has 1 unspecified atom stereocenters. The molecular formula is C16H14FNO3. The Hall–Kier alpha value is -2.40. The molecule has 1 N–H and O–H groups in total. The van der Waals surface area contributed by atoms with Gasteiger partial charge in [-0.15, -0.1) is 0 Å². The monoisotopic (exact) mass is 287 g/mol. The van der Waals surface area contributed by atoms with Crippen molar-refractivity contribution < 1.29 is 18.7 Å². The number of carbonyl (C=O) groups excluding carboxylic acids is 1. The summed E-state index contributed by atoms with van der Waals surface area (Å²) in [5, 5.41) is 2.78. The topological polar surface area (TPSA) is 50.9 Å². The van der Waals surface area contributed by atoms with Crippen LogP contribution in [0.3, 0.4) is 0 Å². The lowest BCUT2D eigenvalue weighted by atomic mass is 10.2. The van der Waals surface area contributed by atoms with E-state index in [1.54, 1.807) is 18.2 Å². The third-order valence-corrected chi connectivity index (χ3v) is 3.08. The molecule has 1 atom stereocenters. The molecule has 1 aliphatic heterocycles. The van der Waals surface area contributed by atoms with E-state index in [4.69, 9.17) is 9.47 Å². The van der Waals surface area contributed by atoms with Gasteiger partial charge in [0.25, 0.3) is 5.91 Å². The first kappa shape index (κ1) is 13.6. The highest BCUT2D eigenvalue weighted by atomic mass is 19.1. The second-order valence-corrected chi connectivity index (χ2v) is 4.71. The van der Waals surface area contributed by atoms with Crippen molar-refractivity contribution >= 4 is 5.91 Å². The average molecular weight is 287 g/mol. The van der Waals surface area contributed by atoms with Gasteiger partial charge in [0.15, 0.2) is 6.10 Å². The smallest absolute Gasteiger partial charge is 0.251 e. The number of carbonyl (C=O) groups is 1. The molecule has 0 aliphatic carbocycles. The van der Waals surface area contributed by atoms with Crippen LogP contribution < -0.4 is 10.1 Å². The van der Waals surface area contributed by atoms with E-state index in [9.17, 15) is 9.18 Å². The highest BCUT2D eigenvalue weighted by Gasteiger charge is 2.30. The van der Waals surface area contributed by atoms with Crippen molar-refractivity contribution in [1.29, 1.82) is 0 Å². The molecule has 1 saturated heterocycles. The molecule has 1 amide bonds. The van der Waals surface area contributed by atoms with Crippen LogP contribution in [0.2, 0.25) is 0 Å². The number of epoxide rings is 1. The van der Waals surface area contributed by atoms with Gasteiger partial charge < -0.3 is 14.8 Å². The van der Waals surface area contributed by atoms with E-state index >= 15 is 0 Å². The minimum absolute atomic E-state index is 0.129. The Labute approximate surface area is 121 Å². The molecule has 21 heavy (non-hydrogen) atoms. The Bertz CT molecular complexity index is 655. The Balaban J connectivity index is 1.71. The molecule has 1 fully saturated rings. The third kappa shape index (κ3) is 3.58. The lowest BCUT2D eigenvalue weighted by Gasteiger charge is -2.11. The van der Waals surface area contributed by atoms with E-state index in [-0.39, 0.29) is 17.8 Å². The number of para-hydroxylation sites is 1. The zero-order valence-corrected chi connectivity index (χ0v) is 11.2. The van der Waals surface area contributed by atoms with Gasteiger partial charge >= 0.3 is 0 Å². The van der Waals surface area contributed by atoms with Crippen molar-refractivity contribution in [1.82, 2.24) is 5.32 Å². The molecule has 0 saturated carbocycles. The van der Waals surface area contributed by atoms with Crippen LogP contribution in [0.1, 0.15) is 5.56 Å². The second kappa shape index (κ2) is 5.93. The van der Waals surface area contributed by atoms with Crippen LogP contribution in [0.25, 0.3) is 0 Å². The number of ether oxygens (including phenoxy) is 2. The van der Waals surface area contributed by atoms with Crippen LogP contribution in [0.4, 0.5) is 4.39 Å². The summed E-state index contributed by atoms with van der Waals surface area (Å²) in [4.78, 5) is 11.6. The molecule has 1 aliphatic rings.